The largest absolute Gasteiger partial charge is 0.573 e. The van der Waals surface area contributed by atoms with Crippen LogP contribution in [0.1, 0.15) is 66.0 Å². The molecular formula is C55H50F6N12O3S2. The van der Waals surface area contributed by atoms with E-state index in [4.69, 9.17) is 24.4 Å². The van der Waals surface area contributed by atoms with Crippen molar-refractivity contribution in [2.45, 2.75) is 71.1 Å². The monoisotopic (exact) mass is 1100 g/mol. The lowest BCUT2D eigenvalue weighted by Gasteiger charge is -2.19. The van der Waals surface area contributed by atoms with Crippen LogP contribution < -0.4 is 36.6 Å². The Bertz CT molecular complexity index is 3370. The van der Waals surface area contributed by atoms with E-state index in [0.29, 0.717) is 34.2 Å². The van der Waals surface area contributed by atoms with Gasteiger partial charge in [0.05, 0.1) is 16.9 Å². The van der Waals surface area contributed by atoms with Gasteiger partial charge in [-0.2, -0.15) is 13.2 Å². The molecule has 4 amide bonds. The standard InChI is InChI=1S/C55H50F6N12O3S2/c1-3-6-38-16-11-35(29-47(38)67-53(78)69-51(75)63-31-37-14-19-40(20-15-37)49-65-33-73(71-49)43-25-27-44(28-26-43)76-55(59,60)61)10-9-34(2)45-7-4-5-8-46(45)66-52(77)68-50(74)62-30-36-12-17-39(18-13-36)48-64-32-72(70-48)42-23-21-41(22-24-42)54(56,57)58/h4-5,7-8,11-29,32-34H,3,6,9-10,30-31H2,1-2H3,(H3,62,66,68,74,77)(H3,63,67,69,75,78). The number of anilines is 2. The number of aromatic nitrogens is 6. The number of hydrogen-bond donors (Lipinski definition) is 6. The fraction of sp³-hybridized carbons (Fsp3) is 0.200. The predicted molar refractivity (Wildman–Crippen MR) is 292 cm³/mol. The number of urea groups is 2. The Morgan fingerprint density at radius 2 is 1.12 bits per heavy atom. The average molecular weight is 1110 g/mol. The highest BCUT2D eigenvalue weighted by Crippen LogP contribution is 2.32. The Morgan fingerprint density at radius 3 is 1.63 bits per heavy atom. The molecule has 402 valence electrons. The predicted octanol–water partition coefficient (Wildman–Crippen LogP) is 12.2. The highest BCUT2D eigenvalue weighted by Gasteiger charge is 2.31. The van der Waals surface area contributed by atoms with Crippen LogP contribution in [-0.4, -0.2) is 58.2 Å². The van der Waals surface area contributed by atoms with Crippen molar-refractivity contribution in [2.75, 3.05) is 10.6 Å². The molecule has 2 heterocycles. The number of carbonyl (C=O) groups is 2. The van der Waals surface area contributed by atoms with Crippen molar-refractivity contribution in [3.63, 3.8) is 0 Å². The second-order valence-electron chi connectivity index (χ2n) is 17.8. The quantitative estimate of drug-likeness (QED) is 0.0378. The van der Waals surface area contributed by atoms with Crippen LogP contribution in [0.25, 0.3) is 34.2 Å². The number of halogens is 6. The number of para-hydroxylation sites is 1. The van der Waals surface area contributed by atoms with E-state index in [2.05, 4.69) is 82.8 Å². The maximum atomic E-state index is 13.0. The maximum Gasteiger partial charge on any atom is 0.573 e. The molecule has 0 radical (unpaired) electrons. The van der Waals surface area contributed by atoms with Gasteiger partial charge in [-0.05, 0) is 138 Å². The first-order valence-electron chi connectivity index (χ1n) is 24.3. The van der Waals surface area contributed by atoms with Crippen LogP contribution in [0.15, 0.2) is 152 Å². The van der Waals surface area contributed by atoms with Crippen molar-refractivity contribution < 1.29 is 40.7 Å². The number of aryl methyl sites for hydroxylation is 2. The van der Waals surface area contributed by atoms with Crippen molar-refractivity contribution in [1.29, 1.82) is 0 Å². The van der Waals surface area contributed by atoms with Gasteiger partial charge in [-0.15, -0.1) is 23.4 Å². The zero-order valence-corrected chi connectivity index (χ0v) is 43.4. The zero-order valence-electron chi connectivity index (χ0n) is 41.7. The normalized spacial score (nSPS) is 11.8. The van der Waals surface area contributed by atoms with Crippen molar-refractivity contribution >= 4 is 58.1 Å². The lowest BCUT2D eigenvalue weighted by atomic mass is 9.92. The minimum atomic E-state index is -4.79. The van der Waals surface area contributed by atoms with Gasteiger partial charge in [0.15, 0.2) is 21.9 Å². The lowest BCUT2D eigenvalue weighted by molar-refractivity contribution is -0.274. The molecule has 0 spiro atoms. The van der Waals surface area contributed by atoms with Gasteiger partial charge in [-0.25, -0.2) is 28.9 Å². The summed E-state index contributed by atoms with van der Waals surface area (Å²) in [6.07, 6.45) is -3.17. The Hall–Kier alpha value is -8.70. The van der Waals surface area contributed by atoms with Crippen LogP contribution in [0.3, 0.4) is 0 Å². The molecule has 6 aromatic carbocycles. The van der Waals surface area contributed by atoms with E-state index in [-0.39, 0.29) is 35.0 Å². The molecule has 8 rings (SSSR count). The smallest absolute Gasteiger partial charge is 0.406 e. The summed E-state index contributed by atoms with van der Waals surface area (Å²) in [6.45, 7) is 4.60. The molecule has 0 bridgehead atoms. The van der Waals surface area contributed by atoms with Gasteiger partial charge in [0.25, 0.3) is 0 Å². The van der Waals surface area contributed by atoms with Crippen LogP contribution in [0, 0.1) is 0 Å². The topological polar surface area (TPSA) is 177 Å². The Labute approximate surface area is 454 Å². The molecule has 1 unspecified atom stereocenters. The van der Waals surface area contributed by atoms with E-state index in [1.807, 2.05) is 42.5 Å². The molecule has 8 aromatic rings. The number of rotatable bonds is 17. The van der Waals surface area contributed by atoms with Gasteiger partial charge < -0.3 is 26.0 Å². The number of alkyl halides is 6. The molecule has 15 nitrogen and oxygen atoms in total. The number of nitrogens with one attached hydrogen (secondary N) is 6. The van der Waals surface area contributed by atoms with E-state index in [1.165, 1.54) is 58.4 Å². The first-order chi connectivity index (χ1) is 37.3. The van der Waals surface area contributed by atoms with Gasteiger partial charge in [0.2, 0.25) is 0 Å². The summed E-state index contributed by atoms with van der Waals surface area (Å²) in [4.78, 5) is 34.5. The minimum absolute atomic E-state index is 0.0798. The number of hydrogen-bond acceptors (Lipinski definition) is 9. The summed E-state index contributed by atoms with van der Waals surface area (Å²) in [7, 11) is 0. The molecule has 6 N–H and O–H groups in total. The number of benzene rings is 6. The van der Waals surface area contributed by atoms with Crippen LogP contribution in [0.2, 0.25) is 0 Å². The highest BCUT2D eigenvalue weighted by atomic mass is 32.1. The summed E-state index contributed by atoms with van der Waals surface area (Å²) in [5, 5.41) is 26.5. The van der Waals surface area contributed by atoms with Crippen LogP contribution in [0.4, 0.5) is 47.3 Å². The third-order valence-corrected chi connectivity index (χ3v) is 12.5. The SMILES string of the molecule is CCCc1ccc(CCC(C)c2ccccc2NC(=S)NC(=O)NCc2ccc(-c3ncn(-c4ccc(C(F)(F)F)cc4)n3)cc2)cc1NC(=S)NC(=O)NCc1ccc(-c2ncn(-c3ccc(OC(F)(F)F)cc3)n2)cc1. The van der Waals surface area contributed by atoms with E-state index in [1.54, 1.807) is 36.4 Å². The van der Waals surface area contributed by atoms with Crippen LogP contribution in [-0.2, 0) is 32.1 Å². The van der Waals surface area contributed by atoms with Gasteiger partial charge >= 0.3 is 24.6 Å². The maximum absolute atomic E-state index is 13.0. The molecular weight excluding hydrogens is 1050 g/mol. The fourth-order valence-corrected chi connectivity index (χ4v) is 8.52. The summed E-state index contributed by atoms with van der Waals surface area (Å²) in [5.41, 5.74) is 7.79. The lowest BCUT2D eigenvalue weighted by Crippen LogP contribution is -2.41. The minimum Gasteiger partial charge on any atom is -0.406 e. The van der Waals surface area contributed by atoms with Crippen molar-refractivity contribution in [3.8, 4) is 39.9 Å². The van der Waals surface area contributed by atoms with Crippen molar-refractivity contribution in [2.24, 2.45) is 0 Å². The molecule has 78 heavy (non-hydrogen) atoms. The molecule has 0 aliphatic carbocycles. The van der Waals surface area contributed by atoms with Crippen molar-refractivity contribution in [3.05, 3.63) is 186 Å². The Morgan fingerprint density at radius 1 is 0.615 bits per heavy atom. The molecule has 0 saturated carbocycles. The summed E-state index contributed by atoms with van der Waals surface area (Å²) in [6, 6.07) is 37.2. The first kappa shape index (κ1) is 55.5. The van der Waals surface area contributed by atoms with E-state index in [0.717, 1.165) is 77.0 Å². The molecule has 0 saturated heterocycles. The van der Waals surface area contributed by atoms with Gasteiger partial charge in [0, 0.05) is 35.6 Å². The molecule has 1 atom stereocenters. The number of thiocarbonyl (C=S) groups is 2. The summed E-state index contributed by atoms with van der Waals surface area (Å²) < 4.78 is 83.3. The summed E-state index contributed by atoms with van der Waals surface area (Å²) in [5.74, 6) is 0.508. The van der Waals surface area contributed by atoms with Gasteiger partial charge in [-0.1, -0.05) is 99.1 Å². The highest BCUT2D eigenvalue weighted by molar-refractivity contribution is 7.80. The summed E-state index contributed by atoms with van der Waals surface area (Å²) >= 11 is 11.1. The van der Waals surface area contributed by atoms with E-state index < -0.39 is 30.2 Å². The second-order valence-corrected chi connectivity index (χ2v) is 18.6. The number of amides is 4. The number of ether oxygens (including phenoxy) is 1. The van der Waals surface area contributed by atoms with E-state index >= 15 is 0 Å². The van der Waals surface area contributed by atoms with E-state index in [9.17, 15) is 35.9 Å². The number of carbonyl (C=O) groups excluding carboxylic acids is 2. The Kier molecular flexibility index (Phi) is 17.8. The third kappa shape index (κ3) is 15.5. The molecule has 0 aliphatic rings. The van der Waals surface area contributed by atoms with Crippen molar-refractivity contribution in [1.82, 2.24) is 50.8 Å². The third-order valence-electron chi connectivity index (χ3n) is 12.1. The second kappa shape index (κ2) is 25.0. The molecule has 0 aliphatic heterocycles. The van der Waals surface area contributed by atoms with Gasteiger partial charge in [-0.3, -0.25) is 10.6 Å². The average Bonchev–Trinajstić information content (AvgIpc) is 4.13. The first-order valence-corrected chi connectivity index (χ1v) is 25.2. The zero-order chi connectivity index (χ0) is 55.4. The number of nitrogens with zero attached hydrogens (tertiary/aromatic N) is 6. The molecule has 2 aromatic heterocycles. The molecule has 23 heteroatoms. The van der Waals surface area contributed by atoms with Crippen LogP contribution >= 0.6 is 24.4 Å². The van der Waals surface area contributed by atoms with Gasteiger partial charge in [0.1, 0.15) is 18.4 Å². The Balaban J connectivity index is 0.773. The molecule has 0 fully saturated rings. The van der Waals surface area contributed by atoms with Crippen LogP contribution in [0.5, 0.6) is 5.75 Å². The fourth-order valence-electron chi connectivity index (χ4n) is 8.11.